The minimum Gasteiger partial charge on any atom is -0.489 e. The number of hydrogen-bond donors (Lipinski definition) is 3. The molecule has 1 amide bonds. The number of hydrogen-bond acceptors (Lipinski definition) is 6. The van der Waals surface area contributed by atoms with E-state index in [2.05, 4.69) is 39.4 Å². The quantitative estimate of drug-likeness (QED) is 0.457. The highest BCUT2D eigenvalue weighted by atomic mass is 35.5. The highest BCUT2D eigenvalue weighted by Gasteiger charge is 2.36. The molecule has 4 aliphatic heterocycles. The van der Waals surface area contributed by atoms with Gasteiger partial charge in [0.2, 0.25) is 0 Å². The Morgan fingerprint density at radius 3 is 2.32 bits per heavy atom. The lowest BCUT2D eigenvalue weighted by Crippen LogP contribution is -2.57. The number of halogens is 1. The van der Waals surface area contributed by atoms with Crippen LogP contribution in [0.2, 0.25) is 5.02 Å². The summed E-state index contributed by atoms with van der Waals surface area (Å²) in [5.74, 6) is -1.34. The Labute approximate surface area is 226 Å². The van der Waals surface area contributed by atoms with Crippen LogP contribution in [0.5, 0.6) is 5.75 Å². The highest BCUT2D eigenvalue weighted by Crippen LogP contribution is 2.38. The first kappa shape index (κ1) is 27.5. The Balaban J connectivity index is 0.000000368. The molecule has 2 aromatic carbocycles. The molecule has 3 N–H and O–H groups in total. The number of nitrogens with zero attached hydrogens (tertiary/aromatic N) is 2. The largest absolute Gasteiger partial charge is 0.489 e. The van der Waals surface area contributed by atoms with E-state index in [-0.39, 0.29) is 11.9 Å². The van der Waals surface area contributed by atoms with Crippen LogP contribution in [0.15, 0.2) is 54.6 Å². The Morgan fingerprint density at radius 2 is 1.71 bits per heavy atom. The fraction of sp³-hybridized carbons (Fsp3) is 0.393. The monoisotopic (exact) mass is 541 g/mol. The van der Waals surface area contributed by atoms with Crippen LogP contribution < -0.4 is 15.0 Å². The molecular formula is C28H32ClN3O6. The van der Waals surface area contributed by atoms with Crippen molar-refractivity contribution in [1.82, 2.24) is 10.2 Å². The lowest BCUT2D eigenvalue weighted by molar-refractivity contribution is -0.134. The maximum absolute atomic E-state index is 13.2. The maximum atomic E-state index is 13.2. The molecule has 1 unspecified atom stereocenters. The van der Waals surface area contributed by atoms with Crippen molar-refractivity contribution in [2.75, 3.05) is 44.2 Å². The first-order chi connectivity index (χ1) is 18.3. The second-order valence-corrected chi connectivity index (χ2v) is 10.0. The van der Waals surface area contributed by atoms with E-state index < -0.39 is 11.9 Å². The standard InChI is InChI=1S/C24H28ClN3O2.C4H4O4/c25-19-14-20(24(29)26-21-16-27-9-7-18(21)8-10-27)23-22(15-19)28(12-13-30-23)11-6-17-4-2-1-3-5-17;5-3(6)1-2-4(7)8/h1-5,14-15,18,21H,6-13,16H2,(H,26,29);1-2H,(H,5,6)(H,7,8)/b;2-1+. The van der Waals surface area contributed by atoms with Gasteiger partial charge in [0.15, 0.2) is 5.75 Å². The van der Waals surface area contributed by atoms with Gasteiger partial charge in [0.1, 0.15) is 6.61 Å². The van der Waals surface area contributed by atoms with Gasteiger partial charge in [-0.05, 0) is 56.0 Å². The third-order valence-corrected chi connectivity index (χ3v) is 7.30. The molecule has 0 aromatic heterocycles. The molecule has 1 atom stereocenters. The number of rotatable bonds is 7. The van der Waals surface area contributed by atoms with Gasteiger partial charge in [0.25, 0.3) is 5.91 Å². The van der Waals surface area contributed by atoms with E-state index in [1.165, 1.54) is 18.4 Å². The van der Waals surface area contributed by atoms with E-state index in [9.17, 15) is 14.4 Å². The Kier molecular flexibility index (Phi) is 9.25. The topological polar surface area (TPSA) is 119 Å². The Bertz CT molecular complexity index is 1160. The number of nitrogens with one attached hydrogen (secondary N) is 1. The van der Waals surface area contributed by atoms with Crippen molar-refractivity contribution in [1.29, 1.82) is 0 Å². The van der Waals surface area contributed by atoms with Crippen molar-refractivity contribution in [3.63, 3.8) is 0 Å². The molecule has 4 aliphatic rings. The SMILES string of the molecule is O=C(NC1CN2CCC1CC2)c1cc(Cl)cc2c1OCCN2CCc1ccccc1.O=C(O)/C=C/C(=O)O. The lowest BCUT2D eigenvalue weighted by atomic mass is 9.84. The summed E-state index contributed by atoms with van der Waals surface area (Å²) in [6, 6.07) is 14.3. The number of carboxylic acids is 2. The van der Waals surface area contributed by atoms with E-state index in [1.807, 2.05) is 12.1 Å². The molecule has 0 spiro atoms. The van der Waals surface area contributed by atoms with E-state index in [0.717, 1.165) is 44.8 Å². The number of amides is 1. The van der Waals surface area contributed by atoms with Crippen LogP contribution in [0, 0.1) is 5.92 Å². The maximum Gasteiger partial charge on any atom is 0.328 e. The molecule has 2 aromatic rings. The summed E-state index contributed by atoms with van der Waals surface area (Å²) in [6.45, 7) is 5.49. The zero-order chi connectivity index (χ0) is 27.1. The summed E-state index contributed by atoms with van der Waals surface area (Å²) < 4.78 is 5.99. The predicted octanol–water partition coefficient (Wildman–Crippen LogP) is 3.32. The molecule has 0 aliphatic carbocycles. The third-order valence-electron chi connectivity index (χ3n) is 7.08. The highest BCUT2D eigenvalue weighted by molar-refractivity contribution is 6.31. The van der Waals surface area contributed by atoms with Crippen molar-refractivity contribution in [3.8, 4) is 5.75 Å². The zero-order valence-corrected chi connectivity index (χ0v) is 21.8. The summed E-state index contributed by atoms with van der Waals surface area (Å²) >= 11 is 6.44. The number of aliphatic carboxylic acids is 2. The molecule has 202 valence electrons. The normalized spacial score (nSPS) is 21.6. The van der Waals surface area contributed by atoms with E-state index in [1.54, 1.807) is 6.07 Å². The number of benzene rings is 2. The second kappa shape index (κ2) is 12.8. The molecule has 3 fully saturated rings. The van der Waals surface area contributed by atoms with Crippen molar-refractivity contribution < 1.29 is 29.3 Å². The van der Waals surface area contributed by atoms with Crippen molar-refractivity contribution in [3.05, 3.63) is 70.8 Å². The van der Waals surface area contributed by atoms with Gasteiger partial charge in [0, 0.05) is 36.3 Å². The molecule has 38 heavy (non-hydrogen) atoms. The number of carbonyl (C=O) groups is 3. The van der Waals surface area contributed by atoms with Crippen molar-refractivity contribution in [2.24, 2.45) is 5.92 Å². The molecular weight excluding hydrogens is 510 g/mol. The summed E-state index contributed by atoms with van der Waals surface area (Å²) in [6.07, 6.45) is 4.39. The van der Waals surface area contributed by atoms with Gasteiger partial charge in [-0.1, -0.05) is 41.9 Å². The van der Waals surface area contributed by atoms with Crippen LogP contribution in [-0.4, -0.2) is 78.3 Å². The minimum atomic E-state index is -1.26. The molecule has 2 bridgehead atoms. The predicted molar refractivity (Wildman–Crippen MR) is 144 cm³/mol. The van der Waals surface area contributed by atoms with Crippen LogP contribution in [0.1, 0.15) is 28.8 Å². The van der Waals surface area contributed by atoms with Gasteiger partial charge in [-0.15, -0.1) is 0 Å². The van der Waals surface area contributed by atoms with Gasteiger partial charge < -0.3 is 30.1 Å². The first-order valence-corrected chi connectivity index (χ1v) is 13.1. The lowest BCUT2D eigenvalue weighted by Gasteiger charge is -2.45. The molecule has 6 rings (SSSR count). The van der Waals surface area contributed by atoms with Crippen LogP contribution in [0.25, 0.3) is 0 Å². The second-order valence-electron chi connectivity index (χ2n) is 9.60. The van der Waals surface area contributed by atoms with E-state index in [4.69, 9.17) is 26.6 Å². The summed E-state index contributed by atoms with van der Waals surface area (Å²) in [4.78, 5) is 37.0. The summed E-state index contributed by atoms with van der Waals surface area (Å²) in [5.41, 5.74) is 2.77. The van der Waals surface area contributed by atoms with Crippen LogP contribution >= 0.6 is 11.6 Å². The molecule has 9 nitrogen and oxygen atoms in total. The van der Waals surface area contributed by atoms with Crippen LogP contribution in [-0.2, 0) is 16.0 Å². The molecule has 3 saturated heterocycles. The molecule has 10 heteroatoms. The molecule has 4 heterocycles. The number of piperidine rings is 3. The summed E-state index contributed by atoms with van der Waals surface area (Å²) in [5, 5.41) is 19.5. The Hall–Kier alpha value is -3.56. The number of fused-ring (bicyclic) bond motifs is 4. The number of carboxylic acid groups (broad SMARTS) is 2. The van der Waals surface area contributed by atoms with Gasteiger partial charge in [-0.25, -0.2) is 9.59 Å². The summed E-state index contributed by atoms with van der Waals surface area (Å²) in [7, 11) is 0. The van der Waals surface area contributed by atoms with Gasteiger partial charge >= 0.3 is 11.9 Å². The fourth-order valence-electron chi connectivity index (χ4n) is 5.17. The van der Waals surface area contributed by atoms with E-state index >= 15 is 0 Å². The van der Waals surface area contributed by atoms with Crippen LogP contribution in [0.4, 0.5) is 5.69 Å². The number of ether oxygens (including phenoxy) is 1. The van der Waals surface area contributed by atoms with Gasteiger partial charge in [-0.2, -0.15) is 0 Å². The minimum absolute atomic E-state index is 0.0718. The first-order valence-electron chi connectivity index (χ1n) is 12.7. The average Bonchev–Trinajstić information content (AvgIpc) is 2.92. The van der Waals surface area contributed by atoms with Crippen molar-refractivity contribution >= 4 is 35.1 Å². The number of carbonyl (C=O) groups excluding carboxylic acids is 1. The zero-order valence-electron chi connectivity index (χ0n) is 21.0. The molecule has 0 saturated carbocycles. The van der Waals surface area contributed by atoms with Crippen LogP contribution in [0.3, 0.4) is 0 Å². The number of anilines is 1. The fourth-order valence-corrected chi connectivity index (χ4v) is 5.38. The van der Waals surface area contributed by atoms with E-state index in [0.29, 0.717) is 41.0 Å². The van der Waals surface area contributed by atoms with Gasteiger partial charge in [0.05, 0.1) is 17.8 Å². The molecule has 0 radical (unpaired) electrons. The Morgan fingerprint density at radius 1 is 1.03 bits per heavy atom. The third kappa shape index (κ3) is 7.26. The van der Waals surface area contributed by atoms with Crippen molar-refractivity contribution in [2.45, 2.75) is 25.3 Å². The average molecular weight is 542 g/mol. The smallest absolute Gasteiger partial charge is 0.328 e. The van der Waals surface area contributed by atoms with Gasteiger partial charge in [-0.3, -0.25) is 4.79 Å².